The molecule has 0 aromatic heterocycles. The van der Waals surface area contributed by atoms with Crippen LogP contribution >= 0.6 is 0 Å². The van der Waals surface area contributed by atoms with Crippen LogP contribution in [0.4, 0.5) is 0 Å². The van der Waals surface area contributed by atoms with E-state index in [9.17, 15) is 9.59 Å². The summed E-state index contributed by atoms with van der Waals surface area (Å²) < 4.78 is 0. The first kappa shape index (κ1) is 9.86. The van der Waals surface area contributed by atoms with Gasteiger partial charge in [0.25, 0.3) is 0 Å². The molecule has 0 aliphatic rings. The molecule has 0 saturated heterocycles. The summed E-state index contributed by atoms with van der Waals surface area (Å²) >= 11 is 0. The SMILES string of the molecule is CCOOC(=O)CC(=O)OO. The van der Waals surface area contributed by atoms with Crippen molar-refractivity contribution in [3.63, 3.8) is 0 Å². The highest BCUT2D eigenvalue weighted by Gasteiger charge is 2.12. The van der Waals surface area contributed by atoms with Crippen molar-refractivity contribution in [2.24, 2.45) is 0 Å². The molecule has 6 heteroatoms. The largest absolute Gasteiger partial charge is 0.353 e. The van der Waals surface area contributed by atoms with E-state index < -0.39 is 18.4 Å². The fourth-order valence-electron chi connectivity index (χ4n) is 0.304. The Bertz CT molecular complexity index is 142. The van der Waals surface area contributed by atoms with E-state index >= 15 is 0 Å². The van der Waals surface area contributed by atoms with Gasteiger partial charge in [0.2, 0.25) is 0 Å². The summed E-state index contributed by atoms with van der Waals surface area (Å²) in [6.45, 7) is 1.80. The Morgan fingerprint density at radius 3 is 2.45 bits per heavy atom. The van der Waals surface area contributed by atoms with E-state index in [-0.39, 0.29) is 6.61 Å². The van der Waals surface area contributed by atoms with Crippen LogP contribution in [0.3, 0.4) is 0 Å². The summed E-state index contributed by atoms with van der Waals surface area (Å²) in [4.78, 5) is 32.0. The summed E-state index contributed by atoms with van der Waals surface area (Å²) in [7, 11) is 0. The lowest BCUT2D eigenvalue weighted by atomic mass is 10.5. The van der Waals surface area contributed by atoms with Gasteiger partial charge in [-0.25, -0.2) is 9.59 Å². The zero-order valence-corrected chi connectivity index (χ0v) is 5.90. The van der Waals surface area contributed by atoms with Gasteiger partial charge in [-0.1, -0.05) is 0 Å². The molecule has 0 fully saturated rings. The molecular formula is C5H8O6. The lowest BCUT2D eigenvalue weighted by molar-refractivity contribution is -0.272. The minimum atomic E-state index is -1.09. The molecule has 0 amide bonds. The summed E-state index contributed by atoms with van der Waals surface area (Å²) in [6, 6.07) is 0. The molecule has 0 rings (SSSR count). The predicted molar refractivity (Wildman–Crippen MR) is 31.1 cm³/mol. The average molecular weight is 164 g/mol. The molecule has 0 aliphatic carbocycles. The van der Waals surface area contributed by atoms with E-state index in [1.807, 2.05) is 0 Å². The maximum atomic E-state index is 10.4. The highest BCUT2D eigenvalue weighted by Crippen LogP contribution is 1.89. The Morgan fingerprint density at radius 1 is 1.36 bits per heavy atom. The average Bonchev–Trinajstić information content (AvgIpc) is 2.00. The Balaban J connectivity index is 3.44. The van der Waals surface area contributed by atoms with Gasteiger partial charge in [0.1, 0.15) is 6.42 Å². The minimum absolute atomic E-state index is 0.194. The lowest BCUT2D eigenvalue weighted by Gasteiger charge is -1.98. The van der Waals surface area contributed by atoms with Crippen molar-refractivity contribution in [1.82, 2.24) is 0 Å². The molecule has 0 heterocycles. The molecule has 0 aromatic carbocycles. The molecular weight excluding hydrogens is 156 g/mol. The monoisotopic (exact) mass is 164 g/mol. The molecule has 0 atom stereocenters. The van der Waals surface area contributed by atoms with Crippen molar-refractivity contribution in [2.75, 3.05) is 6.61 Å². The third-order valence-electron chi connectivity index (χ3n) is 0.660. The van der Waals surface area contributed by atoms with Crippen molar-refractivity contribution in [2.45, 2.75) is 13.3 Å². The van der Waals surface area contributed by atoms with Crippen LogP contribution in [-0.4, -0.2) is 23.8 Å². The highest BCUT2D eigenvalue weighted by molar-refractivity contribution is 5.90. The molecule has 0 aliphatic heterocycles. The van der Waals surface area contributed by atoms with Crippen LogP contribution in [0.25, 0.3) is 0 Å². The maximum Gasteiger partial charge on any atom is 0.353 e. The highest BCUT2D eigenvalue weighted by atomic mass is 17.2. The van der Waals surface area contributed by atoms with E-state index in [4.69, 9.17) is 5.26 Å². The van der Waals surface area contributed by atoms with Crippen molar-refractivity contribution in [3.05, 3.63) is 0 Å². The van der Waals surface area contributed by atoms with Crippen molar-refractivity contribution < 1.29 is 29.5 Å². The lowest BCUT2D eigenvalue weighted by Crippen LogP contribution is -2.12. The second-order valence-corrected chi connectivity index (χ2v) is 1.50. The second-order valence-electron chi connectivity index (χ2n) is 1.50. The fourth-order valence-corrected chi connectivity index (χ4v) is 0.304. The van der Waals surface area contributed by atoms with Gasteiger partial charge in [0.05, 0.1) is 6.61 Å². The molecule has 6 nitrogen and oxygen atoms in total. The number of hydrogen-bond donors (Lipinski definition) is 1. The quantitative estimate of drug-likeness (QED) is 0.354. The third kappa shape index (κ3) is 5.31. The van der Waals surface area contributed by atoms with Crippen molar-refractivity contribution in [1.29, 1.82) is 0 Å². The van der Waals surface area contributed by atoms with Crippen molar-refractivity contribution in [3.8, 4) is 0 Å². The van der Waals surface area contributed by atoms with E-state index in [0.717, 1.165) is 0 Å². The molecule has 0 radical (unpaired) electrons. The second kappa shape index (κ2) is 5.63. The minimum Gasteiger partial charge on any atom is -0.300 e. The fraction of sp³-hybridized carbons (Fsp3) is 0.600. The van der Waals surface area contributed by atoms with Gasteiger partial charge in [-0.05, 0) is 6.92 Å². The van der Waals surface area contributed by atoms with E-state index in [0.29, 0.717) is 0 Å². The first-order valence-corrected chi connectivity index (χ1v) is 2.87. The number of hydrogen-bond acceptors (Lipinski definition) is 6. The standard InChI is InChI=1S/C5H8O6/c1-2-9-11-5(7)3-4(6)10-8/h8H,2-3H2,1H3. The van der Waals surface area contributed by atoms with Crippen LogP contribution in [-0.2, 0) is 24.3 Å². The number of carbonyl (C=O) groups is 2. The summed E-state index contributed by atoms with van der Waals surface area (Å²) in [5.74, 6) is -2.00. The normalized spacial score (nSPS) is 8.91. The summed E-state index contributed by atoms with van der Waals surface area (Å²) in [6.07, 6.45) is -0.670. The van der Waals surface area contributed by atoms with Crippen LogP contribution in [0.1, 0.15) is 13.3 Å². The third-order valence-corrected chi connectivity index (χ3v) is 0.660. The van der Waals surface area contributed by atoms with Gasteiger partial charge in [-0.2, -0.15) is 10.1 Å². The van der Waals surface area contributed by atoms with Crippen LogP contribution in [0.15, 0.2) is 0 Å². The molecule has 0 aromatic rings. The van der Waals surface area contributed by atoms with Gasteiger partial charge in [0, 0.05) is 0 Å². The molecule has 11 heavy (non-hydrogen) atoms. The number of rotatable bonds is 4. The first-order valence-electron chi connectivity index (χ1n) is 2.87. The topological polar surface area (TPSA) is 82.1 Å². The molecule has 0 saturated carbocycles. The van der Waals surface area contributed by atoms with Crippen molar-refractivity contribution >= 4 is 11.9 Å². The predicted octanol–water partition coefficient (Wildman–Crippen LogP) is -0.113. The van der Waals surface area contributed by atoms with Gasteiger partial charge >= 0.3 is 11.9 Å². The molecule has 0 unspecified atom stereocenters. The Morgan fingerprint density at radius 2 is 2.00 bits per heavy atom. The molecule has 0 bridgehead atoms. The van der Waals surface area contributed by atoms with Crippen LogP contribution in [0.5, 0.6) is 0 Å². The first-order chi connectivity index (χ1) is 5.20. The maximum absolute atomic E-state index is 10.4. The zero-order valence-electron chi connectivity index (χ0n) is 5.90. The van der Waals surface area contributed by atoms with E-state index in [2.05, 4.69) is 14.7 Å². The van der Waals surface area contributed by atoms with Gasteiger partial charge in [-0.3, -0.25) is 4.89 Å². The number of carbonyl (C=O) groups excluding carboxylic acids is 2. The summed E-state index contributed by atoms with van der Waals surface area (Å²) in [5.41, 5.74) is 0. The van der Waals surface area contributed by atoms with Gasteiger partial charge in [-0.15, -0.1) is 0 Å². The summed E-state index contributed by atoms with van der Waals surface area (Å²) in [5, 5.41) is 7.71. The smallest absolute Gasteiger partial charge is 0.300 e. The van der Waals surface area contributed by atoms with E-state index in [1.165, 1.54) is 0 Å². The molecule has 64 valence electrons. The Hall–Kier alpha value is -1.14. The van der Waals surface area contributed by atoms with Crippen LogP contribution in [0, 0.1) is 0 Å². The van der Waals surface area contributed by atoms with Crippen LogP contribution < -0.4 is 0 Å². The molecule has 0 spiro atoms. The van der Waals surface area contributed by atoms with Crippen LogP contribution in [0.2, 0.25) is 0 Å². The Kier molecular flexibility index (Phi) is 5.05. The van der Waals surface area contributed by atoms with E-state index in [1.54, 1.807) is 6.92 Å². The Labute approximate surface area is 62.5 Å². The zero-order chi connectivity index (χ0) is 8.69. The van der Waals surface area contributed by atoms with Gasteiger partial charge < -0.3 is 4.89 Å². The molecule has 1 N–H and O–H groups in total. The van der Waals surface area contributed by atoms with Gasteiger partial charge in [0.15, 0.2) is 0 Å².